The van der Waals surface area contributed by atoms with Gasteiger partial charge in [0.15, 0.2) is 11.7 Å². The van der Waals surface area contributed by atoms with Gasteiger partial charge < -0.3 is 0 Å². The number of fused-ring (bicyclic) bond motifs is 1. The number of nitrogens with zero attached hydrogens (tertiary/aromatic N) is 3. The topological polar surface area (TPSA) is 91.1 Å². The van der Waals surface area contributed by atoms with Crippen molar-refractivity contribution in [3.8, 4) is 6.07 Å². The molecule has 138 valence electrons. The first-order chi connectivity index (χ1) is 13.6. The third kappa shape index (κ3) is 3.30. The van der Waals surface area contributed by atoms with Crippen LogP contribution in [0.2, 0.25) is 0 Å². The summed E-state index contributed by atoms with van der Waals surface area (Å²) in [5.74, 6) is -1.64. The number of amides is 2. The molecule has 4 rings (SSSR count). The fraction of sp³-hybridized carbons (Fsp3) is 0.190. The van der Waals surface area contributed by atoms with Gasteiger partial charge >= 0.3 is 0 Å². The summed E-state index contributed by atoms with van der Waals surface area (Å²) in [6.45, 7) is 0.200. The molecule has 2 heterocycles. The van der Waals surface area contributed by atoms with Crippen molar-refractivity contribution in [2.24, 2.45) is 0 Å². The zero-order valence-electron chi connectivity index (χ0n) is 14.8. The lowest BCUT2D eigenvalue weighted by molar-refractivity contribution is -0.139. The van der Waals surface area contributed by atoms with E-state index in [4.69, 9.17) is 0 Å². The second-order valence-corrected chi connectivity index (χ2v) is 7.58. The number of para-hydroxylation sites is 1. The van der Waals surface area contributed by atoms with E-state index in [2.05, 4.69) is 11.1 Å². The molecule has 1 aromatic heterocycles. The summed E-state index contributed by atoms with van der Waals surface area (Å²) < 4.78 is 0.931. The highest BCUT2D eigenvalue weighted by Crippen LogP contribution is 2.29. The summed E-state index contributed by atoms with van der Waals surface area (Å²) in [6.07, 6.45) is 0.503. The molecule has 2 aromatic carbocycles. The zero-order valence-corrected chi connectivity index (χ0v) is 15.6. The number of thiazole rings is 1. The maximum Gasteiger partial charge on any atom is 0.229 e. The summed E-state index contributed by atoms with van der Waals surface area (Å²) in [5, 5.41) is 10.0. The Balaban J connectivity index is 1.54. The van der Waals surface area contributed by atoms with Gasteiger partial charge in [0, 0.05) is 18.4 Å². The number of hydrogen-bond acceptors (Lipinski definition) is 6. The Morgan fingerprint density at radius 2 is 1.79 bits per heavy atom. The lowest BCUT2D eigenvalue weighted by Crippen LogP contribution is -2.28. The summed E-state index contributed by atoms with van der Waals surface area (Å²) in [5.41, 5.74) is 1.92. The molecule has 1 aliphatic heterocycles. The van der Waals surface area contributed by atoms with Crippen molar-refractivity contribution in [1.82, 2.24) is 9.88 Å². The number of hydrogen-bond donors (Lipinski definition) is 0. The van der Waals surface area contributed by atoms with Crippen LogP contribution in [-0.2, 0) is 16.1 Å². The minimum atomic E-state index is -0.968. The molecule has 0 unspecified atom stereocenters. The maximum atomic E-state index is 12.8. The van der Waals surface area contributed by atoms with E-state index < -0.39 is 5.92 Å². The van der Waals surface area contributed by atoms with Crippen LogP contribution in [-0.4, -0.2) is 27.5 Å². The van der Waals surface area contributed by atoms with Crippen LogP contribution < -0.4 is 0 Å². The third-order valence-electron chi connectivity index (χ3n) is 4.68. The Bertz CT molecular complexity index is 1080. The number of likely N-dealkylation sites (tertiary alicyclic amines) is 1. The normalized spacial score (nSPS) is 15.0. The van der Waals surface area contributed by atoms with Gasteiger partial charge in [0.2, 0.25) is 11.8 Å². The van der Waals surface area contributed by atoms with Gasteiger partial charge in [0.1, 0.15) is 5.01 Å². The quantitative estimate of drug-likeness (QED) is 0.492. The lowest BCUT2D eigenvalue weighted by atomic mass is 9.98. The number of ketones is 1. The molecule has 28 heavy (non-hydrogen) atoms. The molecule has 1 atom stereocenters. The average Bonchev–Trinajstić information content (AvgIpc) is 3.27. The highest BCUT2D eigenvalue weighted by atomic mass is 32.1. The summed E-state index contributed by atoms with van der Waals surface area (Å²) in [6, 6.07) is 16.2. The van der Waals surface area contributed by atoms with Gasteiger partial charge in [0.05, 0.1) is 22.8 Å². The summed E-state index contributed by atoms with van der Waals surface area (Å²) in [7, 11) is 0. The molecule has 0 spiro atoms. The van der Waals surface area contributed by atoms with E-state index in [0.717, 1.165) is 15.8 Å². The molecule has 7 heteroatoms. The highest BCUT2D eigenvalue weighted by Gasteiger charge is 2.29. The maximum absolute atomic E-state index is 12.8. The van der Waals surface area contributed by atoms with E-state index in [1.54, 1.807) is 24.3 Å². The number of nitriles is 1. The van der Waals surface area contributed by atoms with Gasteiger partial charge in [-0.25, -0.2) is 4.98 Å². The molecule has 0 radical (unpaired) electrons. The van der Waals surface area contributed by atoms with Gasteiger partial charge in [-0.2, -0.15) is 5.26 Å². The fourth-order valence-corrected chi connectivity index (χ4v) is 4.17. The number of carbonyl (C=O) groups excluding carboxylic acids is 3. The Kier molecular flexibility index (Phi) is 4.72. The zero-order chi connectivity index (χ0) is 19.7. The van der Waals surface area contributed by atoms with Crippen LogP contribution in [0.5, 0.6) is 0 Å². The minimum Gasteiger partial charge on any atom is -0.292 e. The van der Waals surface area contributed by atoms with Crippen molar-refractivity contribution >= 4 is 39.2 Å². The van der Waals surface area contributed by atoms with E-state index in [0.29, 0.717) is 10.6 Å². The van der Waals surface area contributed by atoms with E-state index in [1.165, 1.54) is 16.2 Å². The largest absolute Gasteiger partial charge is 0.292 e. The second-order valence-electron chi connectivity index (χ2n) is 6.52. The minimum absolute atomic E-state index is 0.175. The Morgan fingerprint density at radius 1 is 1.11 bits per heavy atom. The monoisotopic (exact) mass is 389 g/mol. The van der Waals surface area contributed by atoms with Crippen LogP contribution in [0.4, 0.5) is 0 Å². The number of carbonyl (C=O) groups is 3. The van der Waals surface area contributed by atoms with Crippen LogP contribution in [0, 0.1) is 11.3 Å². The SMILES string of the molecule is N#C[C@H](C(=O)c1ccc(CN2C(=O)CCC2=O)cc1)c1nc2ccccc2s1. The average molecular weight is 389 g/mol. The summed E-state index contributed by atoms with van der Waals surface area (Å²) in [4.78, 5) is 42.0. The number of benzene rings is 2. The first kappa shape index (κ1) is 18.0. The van der Waals surface area contributed by atoms with Gasteiger partial charge in [-0.15, -0.1) is 11.3 Å². The molecular formula is C21H15N3O3S. The van der Waals surface area contributed by atoms with E-state index in [1.807, 2.05) is 24.3 Å². The Morgan fingerprint density at radius 3 is 2.43 bits per heavy atom. The van der Waals surface area contributed by atoms with Crippen molar-refractivity contribution in [3.05, 3.63) is 64.7 Å². The molecule has 0 N–H and O–H groups in total. The van der Waals surface area contributed by atoms with Crippen LogP contribution in [0.15, 0.2) is 48.5 Å². The highest BCUT2D eigenvalue weighted by molar-refractivity contribution is 7.18. The van der Waals surface area contributed by atoms with Crippen molar-refractivity contribution in [2.45, 2.75) is 25.3 Å². The summed E-state index contributed by atoms with van der Waals surface area (Å²) >= 11 is 1.34. The molecule has 0 aliphatic carbocycles. The first-order valence-corrected chi connectivity index (χ1v) is 9.60. The van der Waals surface area contributed by atoms with Crippen LogP contribution in [0.3, 0.4) is 0 Å². The molecular weight excluding hydrogens is 374 g/mol. The molecule has 1 fully saturated rings. The number of aromatic nitrogens is 1. The molecule has 1 aliphatic rings. The van der Waals surface area contributed by atoms with Gasteiger partial charge in [-0.3, -0.25) is 19.3 Å². The standard InChI is InChI=1S/C21H15N3O3S/c22-11-15(21-23-16-3-1-2-4-17(16)28-21)20(27)14-7-5-13(6-8-14)12-24-18(25)9-10-19(24)26/h1-8,15H,9-10,12H2/t15-/m1/s1. The van der Waals surface area contributed by atoms with Crippen LogP contribution >= 0.6 is 11.3 Å². The predicted molar refractivity (Wildman–Crippen MR) is 104 cm³/mol. The Labute approximate surface area is 165 Å². The van der Waals surface area contributed by atoms with E-state index in [-0.39, 0.29) is 37.0 Å². The fourth-order valence-electron chi connectivity index (χ4n) is 3.16. The van der Waals surface area contributed by atoms with Gasteiger partial charge in [-0.05, 0) is 17.7 Å². The van der Waals surface area contributed by atoms with Gasteiger partial charge in [-0.1, -0.05) is 36.4 Å². The van der Waals surface area contributed by atoms with Crippen LogP contribution in [0.25, 0.3) is 10.2 Å². The molecule has 3 aromatic rings. The molecule has 0 bridgehead atoms. The molecule has 0 saturated carbocycles. The number of rotatable bonds is 5. The molecule has 1 saturated heterocycles. The lowest BCUT2D eigenvalue weighted by Gasteiger charge is -2.14. The smallest absolute Gasteiger partial charge is 0.229 e. The van der Waals surface area contributed by atoms with E-state index >= 15 is 0 Å². The van der Waals surface area contributed by atoms with Crippen molar-refractivity contribution < 1.29 is 14.4 Å². The third-order valence-corrected chi connectivity index (χ3v) is 5.78. The number of Topliss-reactive ketones (excluding diaryl/α,β-unsaturated/α-hetero) is 1. The Hall–Kier alpha value is -3.37. The number of imide groups is 1. The van der Waals surface area contributed by atoms with Crippen molar-refractivity contribution in [2.75, 3.05) is 0 Å². The second kappa shape index (κ2) is 7.33. The first-order valence-electron chi connectivity index (χ1n) is 8.78. The van der Waals surface area contributed by atoms with Crippen molar-refractivity contribution in [1.29, 1.82) is 5.26 Å². The van der Waals surface area contributed by atoms with Gasteiger partial charge in [0.25, 0.3) is 0 Å². The van der Waals surface area contributed by atoms with E-state index in [9.17, 15) is 19.6 Å². The van der Waals surface area contributed by atoms with Crippen LogP contribution in [0.1, 0.15) is 39.7 Å². The molecule has 2 amide bonds. The predicted octanol–water partition coefficient (Wildman–Crippen LogP) is 3.44. The molecule has 6 nitrogen and oxygen atoms in total. The van der Waals surface area contributed by atoms with Crippen molar-refractivity contribution in [3.63, 3.8) is 0 Å².